The fourth-order valence-electron chi connectivity index (χ4n) is 4.61. The van der Waals surface area contributed by atoms with Gasteiger partial charge in [0.1, 0.15) is 13.2 Å². The van der Waals surface area contributed by atoms with Crippen LogP contribution in [0.2, 0.25) is 0 Å². The summed E-state index contributed by atoms with van der Waals surface area (Å²) in [5.41, 5.74) is -1.81. The van der Waals surface area contributed by atoms with Gasteiger partial charge in [-0.05, 0) is 38.5 Å². The minimum absolute atomic E-state index is 0.0630. The summed E-state index contributed by atoms with van der Waals surface area (Å²) in [5, 5.41) is 8.10. The number of ether oxygens (including phenoxy) is 2. The number of rotatable bonds is 25. The van der Waals surface area contributed by atoms with Crippen LogP contribution in [-0.4, -0.2) is 70.4 Å². The third kappa shape index (κ3) is 17.4. The Bertz CT molecular complexity index is 1220. The van der Waals surface area contributed by atoms with Crippen molar-refractivity contribution in [2.75, 3.05) is 32.8 Å². The molecule has 1 aromatic heterocycles. The zero-order valence-electron chi connectivity index (χ0n) is 27.4. The number of carbonyl (C=O) groups excluding carboxylic acids is 4. The molecular weight excluding hydrogens is 600 g/mol. The predicted molar refractivity (Wildman–Crippen MR) is 173 cm³/mol. The highest BCUT2D eigenvalue weighted by Gasteiger charge is 2.15. The van der Waals surface area contributed by atoms with Crippen LogP contribution in [0.1, 0.15) is 90.9 Å². The molecule has 0 saturated heterocycles. The summed E-state index contributed by atoms with van der Waals surface area (Å²) in [6.07, 6.45) is 8.99. The molecule has 15 heteroatoms. The SMILES string of the molecule is C=CC(=O)OCCOC(=O)NCCCCCCn1c(=O)n(CCCCCCNC(C)=O)c(=O)n(CCCCCCNC(C)=O)c1=O. The summed E-state index contributed by atoms with van der Waals surface area (Å²) in [7, 11) is 0. The molecule has 0 bridgehead atoms. The molecule has 1 heterocycles. The lowest BCUT2D eigenvalue weighted by Crippen LogP contribution is -2.54. The van der Waals surface area contributed by atoms with Gasteiger partial charge in [-0.15, -0.1) is 0 Å². The van der Waals surface area contributed by atoms with Crippen molar-refractivity contribution in [3.05, 3.63) is 44.1 Å². The van der Waals surface area contributed by atoms with Crippen LogP contribution in [0.25, 0.3) is 0 Å². The summed E-state index contributed by atoms with van der Waals surface area (Å²) in [5.74, 6) is -0.760. The zero-order chi connectivity index (χ0) is 34.2. The van der Waals surface area contributed by atoms with E-state index in [4.69, 9.17) is 9.47 Å². The van der Waals surface area contributed by atoms with Gasteiger partial charge < -0.3 is 25.4 Å². The van der Waals surface area contributed by atoms with Gasteiger partial charge in [-0.2, -0.15) is 0 Å². The highest BCUT2D eigenvalue weighted by Crippen LogP contribution is 2.03. The Morgan fingerprint density at radius 3 is 1.28 bits per heavy atom. The highest BCUT2D eigenvalue weighted by molar-refractivity contribution is 5.81. The smallest absolute Gasteiger partial charge is 0.407 e. The molecule has 0 aliphatic heterocycles. The maximum atomic E-state index is 13.2. The number of nitrogens with zero attached hydrogens (tertiary/aromatic N) is 3. The molecule has 0 spiro atoms. The second-order valence-corrected chi connectivity index (χ2v) is 10.9. The molecule has 0 aromatic carbocycles. The summed E-state index contributed by atoms with van der Waals surface area (Å²) >= 11 is 0. The van der Waals surface area contributed by atoms with Gasteiger partial charge in [0.15, 0.2) is 0 Å². The van der Waals surface area contributed by atoms with E-state index in [9.17, 15) is 33.6 Å². The van der Waals surface area contributed by atoms with Crippen molar-refractivity contribution in [3.63, 3.8) is 0 Å². The molecule has 0 aliphatic rings. The Hall–Kier alpha value is -4.17. The molecule has 260 valence electrons. The van der Waals surface area contributed by atoms with Crippen LogP contribution < -0.4 is 33.0 Å². The minimum Gasteiger partial charge on any atom is -0.459 e. The van der Waals surface area contributed by atoms with E-state index in [1.807, 2.05) is 0 Å². The number of esters is 1. The molecule has 15 nitrogen and oxygen atoms in total. The molecule has 1 rings (SSSR count). The van der Waals surface area contributed by atoms with Crippen molar-refractivity contribution in [2.24, 2.45) is 0 Å². The molecule has 0 saturated carbocycles. The van der Waals surface area contributed by atoms with Crippen molar-refractivity contribution in [1.82, 2.24) is 29.7 Å². The van der Waals surface area contributed by atoms with Crippen LogP contribution in [0.3, 0.4) is 0 Å². The minimum atomic E-state index is -0.621. The van der Waals surface area contributed by atoms with Gasteiger partial charge in [0.05, 0.1) is 0 Å². The number of nitrogens with one attached hydrogen (secondary N) is 3. The van der Waals surface area contributed by atoms with Gasteiger partial charge in [-0.1, -0.05) is 45.1 Å². The lowest BCUT2D eigenvalue weighted by molar-refractivity contribution is -0.138. The average Bonchev–Trinajstić information content (AvgIpc) is 3.01. The number of hydrogen-bond acceptors (Lipinski definition) is 9. The van der Waals surface area contributed by atoms with Gasteiger partial charge in [0, 0.05) is 59.2 Å². The van der Waals surface area contributed by atoms with E-state index in [1.54, 1.807) is 0 Å². The Morgan fingerprint density at radius 1 is 0.565 bits per heavy atom. The van der Waals surface area contributed by atoms with E-state index in [1.165, 1.54) is 13.8 Å². The molecule has 1 aromatic rings. The second kappa shape index (κ2) is 24.1. The molecule has 0 fully saturated rings. The molecule has 0 radical (unpaired) electrons. The monoisotopic (exact) mass is 652 g/mol. The van der Waals surface area contributed by atoms with E-state index >= 15 is 0 Å². The van der Waals surface area contributed by atoms with Crippen LogP contribution in [0.5, 0.6) is 0 Å². The molecule has 3 amide bonds. The number of alkyl carbamates (subject to hydrolysis) is 1. The van der Waals surface area contributed by atoms with Gasteiger partial charge in [-0.3, -0.25) is 9.59 Å². The predicted octanol–water partition coefficient (Wildman–Crippen LogP) is 1.58. The third-order valence-corrected chi connectivity index (χ3v) is 7.06. The van der Waals surface area contributed by atoms with Gasteiger partial charge in [-0.25, -0.2) is 37.7 Å². The first-order chi connectivity index (χ1) is 22.1. The zero-order valence-corrected chi connectivity index (χ0v) is 27.4. The fraction of sp³-hybridized carbons (Fsp3) is 0.710. The van der Waals surface area contributed by atoms with Gasteiger partial charge in [0.25, 0.3) is 0 Å². The first kappa shape index (κ1) is 39.9. The third-order valence-electron chi connectivity index (χ3n) is 7.06. The van der Waals surface area contributed by atoms with Crippen LogP contribution in [0.15, 0.2) is 27.0 Å². The van der Waals surface area contributed by atoms with E-state index in [0.29, 0.717) is 51.7 Å². The number of carbonyl (C=O) groups is 4. The van der Waals surface area contributed by atoms with Crippen LogP contribution >= 0.6 is 0 Å². The van der Waals surface area contributed by atoms with E-state index < -0.39 is 29.1 Å². The number of hydrogen-bond donors (Lipinski definition) is 3. The average molecular weight is 653 g/mol. The lowest BCUT2D eigenvalue weighted by atomic mass is 10.2. The second-order valence-electron chi connectivity index (χ2n) is 10.9. The van der Waals surface area contributed by atoms with E-state index in [0.717, 1.165) is 64.7 Å². The summed E-state index contributed by atoms with van der Waals surface area (Å²) in [6, 6.07) is 0. The number of unbranched alkanes of at least 4 members (excludes halogenated alkanes) is 9. The Kier molecular flexibility index (Phi) is 20.9. The van der Waals surface area contributed by atoms with Gasteiger partial charge in [0.2, 0.25) is 11.8 Å². The maximum absolute atomic E-state index is 13.2. The Morgan fingerprint density at radius 2 is 0.913 bits per heavy atom. The summed E-state index contributed by atoms with van der Waals surface area (Å²) < 4.78 is 13.1. The molecule has 46 heavy (non-hydrogen) atoms. The van der Waals surface area contributed by atoms with Crippen molar-refractivity contribution in [2.45, 2.75) is 111 Å². The quantitative estimate of drug-likeness (QED) is 0.0800. The highest BCUT2D eigenvalue weighted by atomic mass is 16.6. The van der Waals surface area contributed by atoms with Crippen molar-refractivity contribution >= 4 is 23.9 Å². The molecule has 0 aliphatic carbocycles. The lowest BCUT2D eigenvalue weighted by Gasteiger charge is -2.14. The standard InChI is InChI=1S/C31H52N6O9/c1-4-27(40)45-23-24-46-28(41)34-19-13-7-10-16-22-37-30(43)35(20-14-8-5-11-17-32-25(2)38)29(42)36(31(37)44)21-15-9-6-12-18-33-26(3)39/h4H,1,5-24H2,2-3H3,(H,32,38)(H,33,39)(H,34,41). The summed E-state index contributed by atoms with van der Waals surface area (Å²) in [6.45, 7) is 8.17. The van der Waals surface area contributed by atoms with Gasteiger partial charge >= 0.3 is 29.1 Å². The van der Waals surface area contributed by atoms with Crippen LogP contribution in [-0.2, 0) is 43.5 Å². The topological polar surface area (TPSA) is 189 Å². The van der Waals surface area contributed by atoms with Crippen molar-refractivity contribution < 1.29 is 28.7 Å². The Balaban J connectivity index is 2.68. The molecule has 0 atom stereocenters. The number of aromatic nitrogens is 3. The first-order valence-electron chi connectivity index (χ1n) is 16.2. The Labute approximate surface area is 269 Å². The fourth-order valence-corrected chi connectivity index (χ4v) is 4.61. The maximum Gasteiger partial charge on any atom is 0.407 e. The largest absolute Gasteiger partial charge is 0.459 e. The van der Waals surface area contributed by atoms with E-state index in [-0.39, 0.29) is 44.7 Å². The normalized spacial score (nSPS) is 10.7. The van der Waals surface area contributed by atoms with Crippen LogP contribution in [0, 0.1) is 0 Å². The molecule has 0 unspecified atom stereocenters. The summed E-state index contributed by atoms with van der Waals surface area (Å²) in [4.78, 5) is 84.4. The first-order valence-corrected chi connectivity index (χ1v) is 16.2. The van der Waals surface area contributed by atoms with E-state index in [2.05, 4.69) is 22.5 Å². The number of amides is 3. The molecular formula is C31H52N6O9. The van der Waals surface area contributed by atoms with Crippen molar-refractivity contribution in [1.29, 1.82) is 0 Å². The van der Waals surface area contributed by atoms with Crippen LogP contribution in [0.4, 0.5) is 4.79 Å². The molecule has 3 N–H and O–H groups in total. The van der Waals surface area contributed by atoms with Crippen molar-refractivity contribution in [3.8, 4) is 0 Å².